The quantitative estimate of drug-likeness (QED) is 0.851. The number of rotatable bonds is 3. The molecular weight excluding hydrogens is 309 g/mol. The normalized spacial score (nSPS) is 17.5. The lowest BCUT2D eigenvalue weighted by molar-refractivity contribution is 0.0277. The standard InChI is InChI=1S/C18H24FN3O2/c1-18(2,3)24-17(23)21(4)11-14-7-8-22(12-14)16-6-5-13(10-20)9-15(16)19/h5-6,9,14H,7-8,11-12H2,1-4H3. The first-order chi connectivity index (χ1) is 11.2. The third-order valence-corrected chi connectivity index (χ3v) is 3.94. The number of carbonyl (C=O) groups is 1. The van der Waals surface area contributed by atoms with Gasteiger partial charge in [0.2, 0.25) is 0 Å². The zero-order chi connectivity index (χ0) is 17.9. The van der Waals surface area contributed by atoms with Crippen molar-refractivity contribution in [1.29, 1.82) is 5.26 Å². The zero-order valence-corrected chi connectivity index (χ0v) is 14.7. The number of hydrogen-bond donors (Lipinski definition) is 0. The summed E-state index contributed by atoms with van der Waals surface area (Å²) < 4.78 is 19.5. The summed E-state index contributed by atoms with van der Waals surface area (Å²) in [6.07, 6.45) is 0.539. The zero-order valence-electron chi connectivity index (χ0n) is 14.7. The van der Waals surface area contributed by atoms with Crippen LogP contribution in [0.1, 0.15) is 32.8 Å². The Labute approximate surface area is 142 Å². The third-order valence-electron chi connectivity index (χ3n) is 3.94. The lowest BCUT2D eigenvalue weighted by atomic mass is 10.1. The molecule has 0 aromatic heterocycles. The van der Waals surface area contributed by atoms with Gasteiger partial charge in [0, 0.05) is 26.7 Å². The van der Waals surface area contributed by atoms with Crippen molar-refractivity contribution in [1.82, 2.24) is 4.90 Å². The van der Waals surface area contributed by atoms with Crippen molar-refractivity contribution in [3.63, 3.8) is 0 Å². The van der Waals surface area contributed by atoms with Crippen molar-refractivity contribution < 1.29 is 13.9 Å². The third kappa shape index (κ3) is 4.60. The molecule has 1 aromatic rings. The fraction of sp³-hybridized carbons (Fsp3) is 0.556. The van der Waals surface area contributed by atoms with E-state index >= 15 is 0 Å². The number of ether oxygens (including phenoxy) is 1. The maximum Gasteiger partial charge on any atom is 0.410 e. The van der Waals surface area contributed by atoms with Gasteiger partial charge >= 0.3 is 6.09 Å². The Balaban J connectivity index is 1.94. The summed E-state index contributed by atoms with van der Waals surface area (Å²) in [6, 6.07) is 6.46. The summed E-state index contributed by atoms with van der Waals surface area (Å²) >= 11 is 0. The van der Waals surface area contributed by atoms with Crippen LogP contribution < -0.4 is 4.90 Å². The van der Waals surface area contributed by atoms with Crippen LogP contribution in [0.2, 0.25) is 0 Å². The molecule has 0 spiro atoms. The van der Waals surface area contributed by atoms with E-state index < -0.39 is 5.60 Å². The number of nitriles is 1. The highest BCUT2D eigenvalue weighted by Gasteiger charge is 2.28. The van der Waals surface area contributed by atoms with Gasteiger partial charge in [0.05, 0.1) is 17.3 Å². The smallest absolute Gasteiger partial charge is 0.410 e. The minimum absolute atomic E-state index is 0.262. The fourth-order valence-electron chi connectivity index (χ4n) is 2.84. The van der Waals surface area contributed by atoms with E-state index in [1.807, 2.05) is 31.7 Å². The van der Waals surface area contributed by atoms with Gasteiger partial charge in [-0.1, -0.05) is 0 Å². The second-order valence-corrected chi connectivity index (χ2v) is 7.24. The van der Waals surface area contributed by atoms with E-state index in [4.69, 9.17) is 10.00 Å². The van der Waals surface area contributed by atoms with Crippen LogP contribution in [0, 0.1) is 23.1 Å². The van der Waals surface area contributed by atoms with E-state index in [1.54, 1.807) is 24.1 Å². The molecular formula is C18H24FN3O2. The number of carbonyl (C=O) groups excluding carboxylic acids is 1. The average Bonchev–Trinajstić information content (AvgIpc) is 2.93. The molecule has 0 saturated carbocycles. The monoisotopic (exact) mass is 333 g/mol. The second kappa shape index (κ2) is 7.08. The minimum Gasteiger partial charge on any atom is -0.444 e. The van der Waals surface area contributed by atoms with Gasteiger partial charge in [0.25, 0.3) is 0 Å². The molecule has 0 bridgehead atoms. The molecule has 1 amide bonds. The number of halogens is 1. The predicted octanol–water partition coefficient (Wildman–Crippen LogP) is 3.39. The molecule has 5 nitrogen and oxygen atoms in total. The SMILES string of the molecule is CN(CC1CCN(c2ccc(C#N)cc2F)C1)C(=O)OC(C)(C)C. The van der Waals surface area contributed by atoms with Crippen LogP contribution in [0.5, 0.6) is 0 Å². The summed E-state index contributed by atoms with van der Waals surface area (Å²) in [6.45, 7) is 7.49. The maximum atomic E-state index is 14.1. The predicted molar refractivity (Wildman–Crippen MR) is 90.3 cm³/mol. The van der Waals surface area contributed by atoms with Gasteiger partial charge in [-0.15, -0.1) is 0 Å². The van der Waals surface area contributed by atoms with Crippen molar-refractivity contribution in [3.8, 4) is 6.07 Å². The first kappa shape index (κ1) is 18.1. The number of anilines is 1. The molecule has 0 N–H and O–H groups in total. The van der Waals surface area contributed by atoms with Crippen molar-refractivity contribution >= 4 is 11.8 Å². The number of nitrogens with zero attached hydrogens (tertiary/aromatic N) is 3. The van der Waals surface area contributed by atoms with Gasteiger partial charge in [-0.25, -0.2) is 9.18 Å². The Kier molecular flexibility index (Phi) is 5.33. The second-order valence-electron chi connectivity index (χ2n) is 7.24. The molecule has 1 aliphatic heterocycles. The van der Waals surface area contributed by atoms with E-state index in [0.717, 1.165) is 13.0 Å². The summed E-state index contributed by atoms with van der Waals surface area (Å²) in [5.74, 6) is -0.118. The lowest BCUT2D eigenvalue weighted by Crippen LogP contribution is -2.37. The van der Waals surface area contributed by atoms with E-state index in [1.165, 1.54) is 6.07 Å². The molecule has 2 rings (SSSR count). The maximum absolute atomic E-state index is 14.1. The van der Waals surface area contributed by atoms with Crippen LogP contribution in [-0.2, 0) is 4.74 Å². The Morgan fingerprint density at radius 2 is 2.21 bits per heavy atom. The summed E-state index contributed by atoms with van der Waals surface area (Å²) in [5.41, 5.74) is 0.312. The van der Waals surface area contributed by atoms with Crippen LogP contribution in [0.15, 0.2) is 18.2 Å². The topological polar surface area (TPSA) is 56.6 Å². The molecule has 6 heteroatoms. The van der Waals surface area contributed by atoms with Gasteiger partial charge in [0.15, 0.2) is 0 Å². The van der Waals surface area contributed by atoms with E-state index in [9.17, 15) is 9.18 Å². The lowest BCUT2D eigenvalue weighted by Gasteiger charge is -2.26. The molecule has 1 heterocycles. The Bertz CT molecular complexity index is 649. The molecule has 1 atom stereocenters. The van der Waals surface area contributed by atoms with Gasteiger partial charge in [-0.3, -0.25) is 0 Å². The van der Waals surface area contributed by atoms with E-state index in [2.05, 4.69) is 0 Å². The summed E-state index contributed by atoms with van der Waals surface area (Å²) in [4.78, 5) is 15.6. The molecule has 1 aliphatic rings. The molecule has 1 aromatic carbocycles. The van der Waals surface area contributed by atoms with Gasteiger partial charge in [-0.2, -0.15) is 5.26 Å². The Morgan fingerprint density at radius 3 is 2.79 bits per heavy atom. The van der Waals surface area contributed by atoms with Crippen molar-refractivity contribution in [2.45, 2.75) is 32.8 Å². The van der Waals surface area contributed by atoms with Crippen LogP contribution in [0.25, 0.3) is 0 Å². The van der Waals surface area contributed by atoms with Gasteiger partial charge in [0.1, 0.15) is 11.4 Å². The number of benzene rings is 1. The Hall–Kier alpha value is -2.29. The number of hydrogen-bond acceptors (Lipinski definition) is 4. The first-order valence-electron chi connectivity index (χ1n) is 8.08. The molecule has 130 valence electrons. The molecule has 1 saturated heterocycles. The largest absolute Gasteiger partial charge is 0.444 e. The molecule has 0 radical (unpaired) electrons. The Morgan fingerprint density at radius 1 is 1.50 bits per heavy atom. The number of amides is 1. The highest BCUT2D eigenvalue weighted by atomic mass is 19.1. The minimum atomic E-state index is -0.515. The van der Waals surface area contributed by atoms with Crippen LogP contribution >= 0.6 is 0 Å². The van der Waals surface area contributed by atoms with Gasteiger partial charge < -0.3 is 14.5 Å². The molecule has 1 fully saturated rings. The van der Waals surface area contributed by atoms with Crippen molar-refractivity contribution in [2.75, 3.05) is 31.6 Å². The van der Waals surface area contributed by atoms with Crippen molar-refractivity contribution in [3.05, 3.63) is 29.6 Å². The summed E-state index contributed by atoms with van der Waals surface area (Å²) in [5, 5.41) is 8.81. The highest BCUT2D eigenvalue weighted by Crippen LogP contribution is 2.27. The van der Waals surface area contributed by atoms with Crippen molar-refractivity contribution in [2.24, 2.45) is 5.92 Å². The average molecular weight is 333 g/mol. The summed E-state index contributed by atoms with van der Waals surface area (Å²) in [7, 11) is 1.72. The fourth-order valence-corrected chi connectivity index (χ4v) is 2.84. The molecule has 24 heavy (non-hydrogen) atoms. The van der Waals surface area contributed by atoms with Gasteiger partial charge in [-0.05, 0) is 51.3 Å². The molecule has 1 unspecified atom stereocenters. The first-order valence-corrected chi connectivity index (χ1v) is 8.08. The van der Waals surface area contributed by atoms with Crippen LogP contribution in [0.3, 0.4) is 0 Å². The highest BCUT2D eigenvalue weighted by molar-refractivity contribution is 5.67. The van der Waals surface area contributed by atoms with Crippen LogP contribution in [0.4, 0.5) is 14.9 Å². The molecule has 0 aliphatic carbocycles. The van der Waals surface area contributed by atoms with Crippen LogP contribution in [-0.4, -0.2) is 43.3 Å². The van der Waals surface area contributed by atoms with E-state index in [-0.39, 0.29) is 17.8 Å². The van der Waals surface area contributed by atoms with E-state index in [0.29, 0.717) is 24.3 Å².